The maximum absolute atomic E-state index is 3.82. The number of hydrogen-bond donors (Lipinski definition) is 1. The summed E-state index contributed by atoms with van der Waals surface area (Å²) in [6.45, 7) is 12.2. The first-order valence-corrected chi connectivity index (χ1v) is 9.85. The molecule has 4 unspecified atom stereocenters. The van der Waals surface area contributed by atoms with Gasteiger partial charge in [0.1, 0.15) is 0 Å². The Balaban J connectivity index is 1.86. The first-order chi connectivity index (χ1) is 9.72. The third kappa shape index (κ3) is 4.92. The fraction of sp³-hybridized carbons (Fsp3) is 1.00. The third-order valence-corrected chi connectivity index (χ3v) is 6.44. The van der Waals surface area contributed by atoms with Gasteiger partial charge in [-0.05, 0) is 50.5 Å². The van der Waals surface area contributed by atoms with Crippen LogP contribution in [0.25, 0.3) is 0 Å². The van der Waals surface area contributed by atoms with Crippen LogP contribution in [0.1, 0.15) is 52.9 Å². The molecule has 0 amide bonds. The highest BCUT2D eigenvalue weighted by Gasteiger charge is 2.30. The van der Waals surface area contributed by atoms with E-state index in [0.717, 1.165) is 23.1 Å². The minimum absolute atomic E-state index is 0.779. The Morgan fingerprint density at radius 3 is 2.85 bits per heavy atom. The predicted molar refractivity (Wildman–Crippen MR) is 91.6 cm³/mol. The van der Waals surface area contributed by atoms with Gasteiger partial charge < -0.3 is 10.2 Å². The molecule has 3 heteroatoms. The largest absolute Gasteiger partial charge is 0.314 e. The van der Waals surface area contributed by atoms with Gasteiger partial charge in [-0.1, -0.05) is 20.8 Å². The van der Waals surface area contributed by atoms with E-state index in [-0.39, 0.29) is 0 Å². The summed E-state index contributed by atoms with van der Waals surface area (Å²) in [5, 5.41) is 4.71. The van der Waals surface area contributed by atoms with Gasteiger partial charge in [-0.2, -0.15) is 11.8 Å². The lowest BCUT2D eigenvalue weighted by atomic mass is 9.78. The number of thioether (sulfide) groups is 1. The minimum Gasteiger partial charge on any atom is -0.314 e. The van der Waals surface area contributed by atoms with E-state index in [1.807, 2.05) is 0 Å². The molecule has 0 spiro atoms. The van der Waals surface area contributed by atoms with Crippen molar-refractivity contribution in [3.8, 4) is 0 Å². The molecule has 1 N–H and O–H groups in total. The molecule has 0 radical (unpaired) electrons. The highest BCUT2D eigenvalue weighted by atomic mass is 32.2. The Morgan fingerprint density at radius 2 is 2.10 bits per heavy atom. The molecule has 2 rings (SSSR count). The zero-order valence-corrected chi connectivity index (χ0v) is 14.6. The summed E-state index contributed by atoms with van der Waals surface area (Å²) in [5.41, 5.74) is 0. The van der Waals surface area contributed by atoms with Crippen molar-refractivity contribution >= 4 is 11.8 Å². The Labute approximate surface area is 130 Å². The van der Waals surface area contributed by atoms with Crippen LogP contribution in [-0.4, -0.2) is 48.1 Å². The molecule has 2 fully saturated rings. The second kappa shape index (κ2) is 8.65. The quantitative estimate of drug-likeness (QED) is 0.806. The number of nitrogens with zero attached hydrogens (tertiary/aromatic N) is 1. The summed E-state index contributed by atoms with van der Waals surface area (Å²) in [4.78, 5) is 2.76. The van der Waals surface area contributed by atoms with Crippen molar-refractivity contribution in [1.82, 2.24) is 10.2 Å². The Hall–Kier alpha value is 0.270. The van der Waals surface area contributed by atoms with E-state index >= 15 is 0 Å². The number of rotatable bonds is 6. The summed E-state index contributed by atoms with van der Waals surface area (Å²) < 4.78 is 0. The van der Waals surface area contributed by atoms with Crippen molar-refractivity contribution in [3.63, 3.8) is 0 Å². The molecule has 1 aliphatic heterocycles. The SMILES string of the molecule is CCCNC1CCC(C)CC1CN1CCSC(CC)C1. The first-order valence-electron chi connectivity index (χ1n) is 8.80. The fourth-order valence-corrected chi connectivity index (χ4v) is 5.07. The van der Waals surface area contributed by atoms with Crippen LogP contribution in [0.15, 0.2) is 0 Å². The number of hydrogen-bond acceptors (Lipinski definition) is 3. The van der Waals surface area contributed by atoms with E-state index in [0.29, 0.717) is 0 Å². The van der Waals surface area contributed by atoms with Crippen molar-refractivity contribution in [2.24, 2.45) is 11.8 Å². The van der Waals surface area contributed by atoms with E-state index < -0.39 is 0 Å². The van der Waals surface area contributed by atoms with Crippen LogP contribution in [0.3, 0.4) is 0 Å². The third-order valence-electron chi connectivity index (χ3n) is 5.07. The molecule has 2 aliphatic rings. The second-order valence-electron chi connectivity index (χ2n) is 6.90. The standard InChI is InChI=1S/C17H34N2S/c1-4-8-18-17-7-6-14(3)11-15(17)12-19-9-10-20-16(5-2)13-19/h14-18H,4-13H2,1-3H3. The molecule has 2 nitrogen and oxygen atoms in total. The molecule has 20 heavy (non-hydrogen) atoms. The lowest BCUT2D eigenvalue weighted by molar-refractivity contribution is 0.146. The van der Waals surface area contributed by atoms with Crippen LogP contribution in [0, 0.1) is 11.8 Å². The lowest BCUT2D eigenvalue weighted by Crippen LogP contribution is -2.48. The molecule has 0 aromatic rings. The van der Waals surface area contributed by atoms with Crippen LogP contribution >= 0.6 is 11.8 Å². The van der Waals surface area contributed by atoms with Crippen molar-refractivity contribution in [1.29, 1.82) is 0 Å². The molecule has 1 aliphatic carbocycles. The van der Waals surface area contributed by atoms with E-state index in [9.17, 15) is 0 Å². The van der Waals surface area contributed by atoms with Gasteiger partial charge in [0.05, 0.1) is 0 Å². The van der Waals surface area contributed by atoms with Gasteiger partial charge in [0.25, 0.3) is 0 Å². The zero-order chi connectivity index (χ0) is 14.4. The molecule has 4 atom stereocenters. The predicted octanol–water partition coefficient (Wildman–Crippen LogP) is 3.62. The normalized spacial score (nSPS) is 36.1. The molecule has 1 saturated carbocycles. The van der Waals surface area contributed by atoms with Gasteiger partial charge in [0, 0.05) is 36.7 Å². The van der Waals surface area contributed by atoms with Gasteiger partial charge >= 0.3 is 0 Å². The van der Waals surface area contributed by atoms with Crippen LogP contribution in [0.2, 0.25) is 0 Å². The van der Waals surface area contributed by atoms with Crippen LogP contribution in [0.5, 0.6) is 0 Å². The average molecular weight is 299 g/mol. The monoisotopic (exact) mass is 298 g/mol. The summed E-state index contributed by atoms with van der Waals surface area (Å²) in [5.74, 6) is 3.15. The van der Waals surface area contributed by atoms with Crippen LogP contribution in [0.4, 0.5) is 0 Å². The van der Waals surface area contributed by atoms with Gasteiger partial charge in [-0.15, -0.1) is 0 Å². The van der Waals surface area contributed by atoms with Gasteiger partial charge in [0.2, 0.25) is 0 Å². The maximum Gasteiger partial charge on any atom is 0.0172 e. The topological polar surface area (TPSA) is 15.3 Å². The molecule has 1 heterocycles. The Kier molecular flexibility index (Phi) is 7.20. The fourth-order valence-electron chi connectivity index (χ4n) is 3.82. The Morgan fingerprint density at radius 1 is 1.25 bits per heavy atom. The molecule has 118 valence electrons. The van der Waals surface area contributed by atoms with Crippen molar-refractivity contribution in [2.45, 2.75) is 64.2 Å². The maximum atomic E-state index is 3.82. The molecular weight excluding hydrogens is 264 g/mol. The van der Waals surface area contributed by atoms with Gasteiger partial charge in [-0.3, -0.25) is 0 Å². The average Bonchev–Trinajstić information content (AvgIpc) is 2.47. The highest BCUT2D eigenvalue weighted by molar-refractivity contribution is 8.00. The molecule has 0 aromatic carbocycles. The lowest BCUT2D eigenvalue weighted by Gasteiger charge is -2.40. The molecule has 1 saturated heterocycles. The molecular formula is C17H34N2S. The van der Waals surface area contributed by atoms with Crippen LogP contribution < -0.4 is 5.32 Å². The summed E-state index contributed by atoms with van der Waals surface area (Å²) in [6, 6.07) is 0.779. The van der Waals surface area contributed by atoms with E-state index in [1.54, 1.807) is 0 Å². The van der Waals surface area contributed by atoms with Crippen LogP contribution in [-0.2, 0) is 0 Å². The highest BCUT2D eigenvalue weighted by Crippen LogP contribution is 2.31. The van der Waals surface area contributed by atoms with Gasteiger partial charge in [-0.25, -0.2) is 0 Å². The first kappa shape index (κ1) is 16.6. The minimum atomic E-state index is 0.779. The summed E-state index contributed by atoms with van der Waals surface area (Å²) in [6.07, 6.45) is 6.84. The van der Waals surface area contributed by atoms with Gasteiger partial charge in [0.15, 0.2) is 0 Å². The van der Waals surface area contributed by atoms with E-state index in [4.69, 9.17) is 0 Å². The summed E-state index contributed by atoms with van der Waals surface area (Å²) in [7, 11) is 0. The van der Waals surface area contributed by atoms with Crippen molar-refractivity contribution in [3.05, 3.63) is 0 Å². The van der Waals surface area contributed by atoms with Crippen molar-refractivity contribution in [2.75, 3.05) is 31.9 Å². The summed E-state index contributed by atoms with van der Waals surface area (Å²) >= 11 is 2.19. The van der Waals surface area contributed by atoms with Crippen molar-refractivity contribution < 1.29 is 0 Å². The smallest absolute Gasteiger partial charge is 0.0172 e. The second-order valence-corrected chi connectivity index (χ2v) is 8.31. The molecule has 0 bridgehead atoms. The van der Waals surface area contributed by atoms with E-state index in [1.165, 1.54) is 64.0 Å². The Bertz CT molecular complexity index is 270. The number of nitrogens with one attached hydrogen (secondary N) is 1. The zero-order valence-electron chi connectivity index (χ0n) is 13.7. The van der Waals surface area contributed by atoms with E-state index in [2.05, 4.69) is 42.7 Å². The molecule has 0 aromatic heterocycles.